The highest BCUT2D eigenvalue weighted by Crippen LogP contribution is 2.30. The molecule has 0 amide bonds. The number of ether oxygens (including phenoxy) is 1. The lowest BCUT2D eigenvalue weighted by atomic mass is 10.2. The Kier molecular flexibility index (Phi) is 2.69. The van der Waals surface area contributed by atoms with Crippen LogP contribution in [0.2, 0.25) is 0 Å². The number of rotatable bonds is 3. The van der Waals surface area contributed by atoms with E-state index in [1.807, 2.05) is 0 Å². The maximum absolute atomic E-state index is 13.5. The van der Waals surface area contributed by atoms with Crippen molar-refractivity contribution in [3.63, 3.8) is 0 Å². The van der Waals surface area contributed by atoms with Crippen molar-refractivity contribution >= 4 is 5.69 Å². The summed E-state index contributed by atoms with van der Waals surface area (Å²) in [5, 5.41) is 13.3. The van der Waals surface area contributed by atoms with Crippen molar-refractivity contribution in [3.8, 4) is 5.75 Å². The number of benzene rings is 1. The molecule has 0 unspecified atom stereocenters. The van der Waals surface area contributed by atoms with Crippen LogP contribution in [-0.2, 0) is 0 Å². The fourth-order valence-corrected chi connectivity index (χ4v) is 1.28. The first-order chi connectivity index (χ1) is 7.59. The quantitative estimate of drug-likeness (QED) is 0.626. The Hall–Kier alpha value is -1.76. The summed E-state index contributed by atoms with van der Waals surface area (Å²) in [6.07, 6.45) is -0.342. The second-order valence-electron chi connectivity index (χ2n) is 3.36. The van der Waals surface area contributed by atoms with Crippen LogP contribution < -0.4 is 10.1 Å². The van der Waals surface area contributed by atoms with E-state index in [1.165, 1.54) is 0 Å². The van der Waals surface area contributed by atoms with Gasteiger partial charge in [-0.15, -0.1) is 0 Å². The van der Waals surface area contributed by atoms with Gasteiger partial charge in [-0.2, -0.15) is 4.39 Å². The van der Waals surface area contributed by atoms with Crippen LogP contribution in [0, 0.1) is 21.7 Å². The summed E-state index contributed by atoms with van der Waals surface area (Å²) in [7, 11) is 0. The van der Waals surface area contributed by atoms with E-state index < -0.39 is 28.0 Å². The Morgan fingerprint density at radius 2 is 2.12 bits per heavy atom. The first-order valence-corrected chi connectivity index (χ1v) is 4.59. The van der Waals surface area contributed by atoms with Gasteiger partial charge in [0, 0.05) is 19.2 Å². The van der Waals surface area contributed by atoms with E-state index >= 15 is 0 Å². The maximum Gasteiger partial charge on any atom is 0.308 e. The predicted molar refractivity (Wildman–Crippen MR) is 50.3 cm³/mol. The molecule has 0 aliphatic carbocycles. The van der Waals surface area contributed by atoms with Crippen LogP contribution in [0.4, 0.5) is 14.5 Å². The van der Waals surface area contributed by atoms with E-state index in [9.17, 15) is 18.9 Å². The lowest BCUT2D eigenvalue weighted by molar-refractivity contribution is -0.387. The van der Waals surface area contributed by atoms with E-state index in [-0.39, 0.29) is 6.10 Å². The molecule has 1 N–H and O–H groups in total. The summed E-state index contributed by atoms with van der Waals surface area (Å²) in [6.45, 7) is 0.948. The Morgan fingerprint density at radius 1 is 1.44 bits per heavy atom. The number of halogens is 2. The summed E-state index contributed by atoms with van der Waals surface area (Å²) >= 11 is 0. The summed E-state index contributed by atoms with van der Waals surface area (Å²) in [5.74, 6) is -2.88. The molecule has 1 heterocycles. The molecule has 0 bridgehead atoms. The second-order valence-corrected chi connectivity index (χ2v) is 3.36. The molecule has 1 aliphatic heterocycles. The predicted octanol–water partition coefficient (Wildman–Crippen LogP) is 1.22. The molecule has 0 spiro atoms. The monoisotopic (exact) mass is 230 g/mol. The number of nitro benzene ring substituents is 1. The Labute approximate surface area is 89.2 Å². The van der Waals surface area contributed by atoms with E-state index in [0.29, 0.717) is 13.1 Å². The van der Waals surface area contributed by atoms with Crippen LogP contribution in [0.15, 0.2) is 12.1 Å². The fraction of sp³-hybridized carbons (Fsp3) is 0.333. The molecule has 0 saturated carbocycles. The number of nitrogens with one attached hydrogen (secondary N) is 1. The third kappa shape index (κ3) is 1.81. The van der Waals surface area contributed by atoms with Crippen molar-refractivity contribution in [1.29, 1.82) is 0 Å². The van der Waals surface area contributed by atoms with E-state index in [2.05, 4.69) is 5.32 Å². The topological polar surface area (TPSA) is 64.4 Å². The molecule has 0 atom stereocenters. The number of nitrogens with zero attached hydrogens (tertiary/aromatic N) is 1. The minimum atomic E-state index is -1.27. The average Bonchev–Trinajstić information content (AvgIpc) is 2.14. The Balaban J connectivity index is 2.33. The van der Waals surface area contributed by atoms with Gasteiger partial charge in [-0.1, -0.05) is 0 Å². The van der Waals surface area contributed by atoms with Crippen LogP contribution in [0.1, 0.15) is 0 Å². The highest BCUT2D eigenvalue weighted by molar-refractivity contribution is 5.41. The van der Waals surface area contributed by atoms with Crippen LogP contribution >= 0.6 is 0 Å². The summed E-state index contributed by atoms with van der Waals surface area (Å²) in [4.78, 5) is 9.51. The zero-order valence-electron chi connectivity index (χ0n) is 8.07. The normalized spacial score (nSPS) is 15.6. The van der Waals surface area contributed by atoms with Crippen LogP contribution in [0.3, 0.4) is 0 Å². The standard InChI is InChI=1S/C9H8F2N2O3/c10-6-1-2-7(13(14)15)8(11)9(6)16-5-3-12-4-5/h1-2,5,12H,3-4H2. The lowest BCUT2D eigenvalue weighted by Crippen LogP contribution is -2.50. The van der Waals surface area contributed by atoms with Crippen LogP contribution in [0.25, 0.3) is 0 Å². The first-order valence-electron chi connectivity index (χ1n) is 4.59. The minimum Gasteiger partial charge on any atom is -0.481 e. The summed E-state index contributed by atoms with van der Waals surface area (Å²) in [5.41, 5.74) is -0.788. The lowest BCUT2D eigenvalue weighted by Gasteiger charge is -2.27. The Morgan fingerprint density at radius 3 is 2.62 bits per heavy atom. The van der Waals surface area contributed by atoms with E-state index in [0.717, 1.165) is 12.1 Å². The molecule has 0 radical (unpaired) electrons. The molecular weight excluding hydrogens is 222 g/mol. The van der Waals surface area contributed by atoms with Crippen LogP contribution in [-0.4, -0.2) is 24.1 Å². The number of hydrogen-bond donors (Lipinski definition) is 1. The molecule has 1 aromatic carbocycles. The van der Waals surface area contributed by atoms with Crippen LogP contribution in [0.5, 0.6) is 5.75 Å². The summed E-state index contributed by atoms with van der Waals surface area (Å²) < 4.78 is 31.7. The third-order valence-corrected chi connectivity index (χ3v) is 2.25. The van der Waals surface area contributed by atoms with Crippen molar-refractivity contribution in [3.05, 3.63) is 33.9 Å². The van der Waals surface area contributed by atoms with Gasteiger partial charge in [0.05, 0.1) is 4.92 Å². The molecule has 0 aromatic heterocycles. The molecule has 5 nitrogen and oxygen atoms in total. The molecule has 1 saturated heterocycles. The minimum absolute atomic E-state index is 0.342. The van der Waals surface area contributed by atoms with Gasteiger partial charge < -0.3 is 10.1 Å². The van der Waals surface area contributed by atoms with Gasteiger partial charge in [0.15, 0.2) is 11.6 Å². The maximum atomic E-state index is 13.5. The number of hydrogen-bond acceptors (Lipinski definition) is 4. The highest BCUT2D eigenvalue weighted by atomic mass is 19.1. The SMILES string of the molecule is O=[N+]([O-])c1ccc(F)c(OC2CNC2)c1F. The van der Waals surface area contributed by atoms with Gasteiger partial charge >= 0.3 is 5.69 Å². The molecule has 2 rings (SSSR count). The largest absolute Gasteiger partial charge is 0.481 e. The third-order valence-electron chi connectivity index (χ3n) is 2.25. The molecule has 86 valence electrons. The highest BCUT2D eigenvalue weighted by Gasteiger charge is 2.27. The van der Waals surface area contributed by atoms with Crippen molar-refractivity contribution in [1.82, 2.24) is 5.32 Å². The molecule has 1 aliphatic rings. The molecule has 1 fully saturated rings. The van der Waals surface area contributed by atoms with Crippen molar-refractivity contribution in [2.75, 3.05) is 13.1 Å². The van der Waals surface area contributed by atoms with E-state index in [4.69, 9.17) is 4.74 Å². The molecule has 16 heavy (non-hydrogen) atoms. The molecule has 7 heteroatoms. The molecule has 1 aromatic rings. The van der Waals surface area contributed by atoms with Gasteiger partial charge in [0.2, 0.25) is 5.82 Å². The van der Waals surface area contributed by atoms with Crippen molar-refractivity contribution in [2.45, 2.75) is 6.10 Å². The zero-order chi connectivity index (χ0) is 11.7. The van der Waals surface area contributed by atoms with Gasteiger partial charge in [-0.05, 0) is 6.07 Å². The van der Waals surface area contributed by atoms with Gasteiger partial charge in [0.25, 0.3) is 0 Å². The van der Waals surface area contributed by atoms with Gasteiger partial charge in [0.1, 0.15) is 6.10 Å². The molecular formula is C9H8F2N2O3. The van der Waals surface area contributed by atoms with Gasteiger partial charge in [-0.25, -0.2) is 4.39 Å². The van der Waals surface area contributed by atoms with E-state index in [1.54, 1.807) is 0 Å². The average molecular weight is 230 g/mol. The van der Waals surface area contributed by atoms with Crippen molar-refractivity contribution < 1.29 is 18.4 Å². The first kappa shape index (κ1) is 10.7. The Bertz CT molecular complexity index is 435. The van der Waals surface area contributed by atoms with Crippen molar-refractivity contribution in [2.24, 2.45) is 0 Å². The number of nitro groups is 1. The second kappa shape index (κ2) is 4.01. The summed E-state index contributed by atoms with van der Waals surface area (Å²) in [6, 6.07) is 1.60. The smallest absolute Gasteiger partial charge is 0.308 e. The fourth-order valence-electron chi connectivity index (χ4n) is 1.28. The zero-order valence-corrected chi connectivity index (χ0v) is 8.07. The van der Waals surface area contributed by atoms with Gasteiger partial charge in [-0.3, -0.25) is 10.1 Å².